The van der Waals surface area contributed by atoms with Gasteiger partial charge < -0.3 is 10.1 Å². The predicted octanol–water partition coefficient (Wildman–Crippen LogP) is 2.91. The Kier molecular flexibility index (Phi) is 6.45. The number of imide groups is 1. The van der Waals surface area contributed by atoms with E-state index >= 15 is 0 Å². The van der Waals surface area contributed by atoms with Crippen LogP contribution in [0.1, 0.15) is 23.3 Å². The lowest BCUT2D eigenvalue weighted by molar-refractivity contribution is -0.129. The maximum absolute atomic E-state index is 12.8. The first kappa shape index (κ1) is 19.4. The van der Waals surface area contributed by atoms with E-state index in [4.69, 9.17) is 16.3 Å². The van der Waals surface area contributed by atoms with Gasteiger partial charge in [-0.1, -0.05) is 54.1 Å². The van der Waals surface area contributed by atoms with Gasteiger partial charge in [0, 0.05) is 25.2 Å². The third kappa shape index (κ3) is 4.86. The van der Waals surface area contributed by atoms with Crippen LogP contribution in [0.4, 0.5) is 4.79 Å². The summed E-state index contributed by atoms with van der Waals surface area (Å²) in [5.74, 6) is -0.364. The van der Waals surface area contributed by atoms with Crippen molar-refractivity contribution in [2.75, 3.05) is 26.7 Å². The maximum Gasteiger partial charge on any atom is 0.321 e. The third-order valence-corrected chi connectivity index (χ3v) is 4.78. The van der Waals surface area contributed by atoms with Gasteiger partial charge in [0.25, 0.3) is 0 Å². The number of morpholine rings is 1. The molecule has 1 heterocycles. The van der Waals surface area contributed by atoms with E-state index in [1.807, 2.05) is 59.5 Å². The molecule has 3 amide bonds. The number of hydrogen-bond acceptors (Lipinski definition) is 4. The van der Waals surface area contributed by atoms with Gasteiger partial charge in [-0.3, -0.25) is 15.0 Å². The van der Waals surface area contributed by atoms with E-state index in [9.17, 15) is 9.59 Å². The minimum atomic E-state index is -0.581. The summed E-state index contributed by atoms with van der Waals surface area (Å²) in [6.07, 6.45) is -0.171. The predicted molar refractivity (Wildman–Crippen MR) is 103 cm³/mol. The zero-order valence-corrected chi connectivity index (χ0v) is 15.8. The number of amides is 3. The molecule has 0 aromatic heterocycles. The van der Waals surface area contributed by atoms with Gasteiger partial charge in [0.05, 0.1) is 12.7 Å². The van der Waals surface area contributed by atoms with Crippen molar-refractivity contribution in [3.05, 3.63) is 70.7 Å². The molecule has 2 aromatic carbocycles. The quantitative estimate of drug-likeness (QED) is 0.846. The van der Waals surface area contributed by atoms with Gasteiger partial charge >= 0.3 is 6.03 Å². The van der Waals surface area contributed by atoms with Crippen LogP contribution in [0, 0.1) is 0 Å². The van der Waals surface area contributed by atoms with Gasteiger partial charge in [0.1, 0.15) is 6.04 Å². The molecule has 6 nitrogen and oxygen atoms in total. The lowest BCUT2D eigenvalue weighted by atomic mass is 10.0. The number of ether oxygens (including phenoxy) is 1. The molecule has 142 valence electrons. The van der Waals surface area contributed by atoms with Gasteiger partial charge in [-0.05, 0) is 23.3 Å². The molecule has 2 aromatic rings. The molecule has 0 spiro atoms. The fourth-order valence-corrected chi connectivity index (χ4v) is 3.31. The van der Waals surface area contributed by atoms with Crippen LogP contribution in [0.2, 0.25) is 5.02 Å². The smallest absolute Gasteiger partial charge is 0.321 e. The third-order valence-electron chi connectivity index (χ3n) is 4.53. The monoisotopic (exact) mass is 387 g/mol. The second-order valence-corrected chi connectivity index (χ2v) is 6.72. The number of rotatable bonds is 4. The lowest BCUT2D eigenvalue weighted by Gasteiger charge is -2.37. The van der Waals surface area contributed by atoms with Crippen molar-refractivity contribution in [2.24, 2.45) is 0 Å². The Morgan fingerprint density at radius 1 is 1.15 bits per heavy atom. The highest BCUT2D eigenvalue weighted by molar-refractivity contribution is 6.30. The normalized spacial score (nSPS) is 18.5. The molecule has 3 rings (SSSR count). The summed E-state index contributed by atoms with van der Waals surface area (Å²) in [5.41, 5.74) is 1.83. The minimum Gasteiger partial charge on any atom is -0.371 e. The summed E-state index contributed by atoms with van der Waals surface area (Å²) in [6, 6.07) is 15.8. The first-order valence-electron chi connectivity index (χ1n) is 8.77. The maximum atomic E-state index is 12.8. The molecule has 2 unspecified atom stereocenters. The summed E-state index contributed by atoms with van der Waals surface area (Å²) in [5, 5.41) is 5.48. The number of halogens is 1. The van der Waals surface area contributed by atoms with Crippen molar-refractivity contribution in [1.29, 1.82) is 0 Å². The van der Waals surface area contributed by atoms with Crippen molar-refractivity contribution >= 4 is 23.5 Å². The van der Waals surface area contributed by atoms with Crippen LogP contribution in [0.5, 0.6) is 0 Å². The Morgan fingerprint density at radius 3 is 2.52 bits per heavy atom. The van der Waals surface area contributed by atoms with Crippen LogP contribution >= 0.6 is 11.6 Å². The van der Waals surface area contributed by atoms with Crippen LogP contribution in [0.25, 0.3) is 0 Å². The molecule has 0 radical (unpaired) electrons. The molecular weight excluding hydrogens is 366 g/mol. The fraction of sp³-hybridized carbons (Fsp3) is 0.300. The topological polar surface area (TPSA) is 70.7 Å². The van der Waals surface area contributed by atoms with Crippen molar-refractivity contribution in [1.82, 2.24) is 15.5 Å². The van der Waals surface area contributed by atoms with Crippen molar-refractivity contribution < 1.29 is 14.3 Å². The molecule has 2 N–H and O–H groups in total. The molecule has 1 aliphatic heterocycles. The average molecular weight is 388 g/mol. The first-order chi connectivity index (χ1) is 13.1. The number of nitrogens with one attached hydrogen (secondary N) is 2. The molecule has 0 aliphatic carbocycles. The van der Waals surface area contributed by atoms with E-state index in [2.05, 4.69) is 10.6 Å². The van der Waals surface area contributed by atoms with E-state index in [1.165, 1.54) is 7.05 Å². The average Bonchev–Trinajstić information content (AvgIpc) is 2.69. The molecule has 0 bridgehead atoms. The summed E-state index contributed by atoms with van der Waals surface area (Å²) in [4.78, 5) is 26.5. The molecule has 1 saturated heterocycles. The molecule has 7 heteroatoms. The van der Waals surface area contributed by atoms with E-state index in [-0.39, 0.29) is 12.0 Å². The van der Waals surface area contributed by atoms with Crippen LogP contribution < -0.4 is 10.6 Å². The van der Waals surface area contributed by atoms with E-state index in [0.29, 0.717) is 24.7 Å². The van der Waals surface area contributed by atoms with Gasteiger partial charge in [0.15, 0.2) is 0 Å². The molecule has 0 saturated carbocycles. The number of nitrogens with zero attached hydrogens (tertiary/aromatic N) is 1. The summed E-state index contributed by atoms with van der Waals surface area (Å²) >= 11 is 5.97. The minimum absolute atomic E-state index is 0.171. The molecule has 27 heavy (non-hydrogen) atoms. The number of urea groups is 1. The summed E-state index contributed by atoms with van der Waals surface area (Å²) < 4.78 is 5.91. The van der Waals surface area contributed by atoms with Gasteiger partial charge in [-0.15, -0.1) is 0 Å². The number of carbonyl (C=O) groups is 2. The Bertz CT molecular complexity index is 783. The van der Waals surface area contributed by atoms with Crippen LogP contribution in [0.15, 0.2) is 54.6 Å². The van der Waals surface area contributed by atoms with Crippen LogP contribution in [-0.2, 0) is 9.53 Å². The van der Waals surface area contributed by atoms with E-state index in [1.54, 1.807) is 0 Å². The van der Waals surface area contributed by atoms with Crippen molar-refractivity contribution in [2.45, 2.75) is 12.1 Å². The molecule has 2 atom stereocenters. The highest BCUT2D eigenvalue weighted by Crippen LogP contribution is 2.29. The van der Waals surface area contributed by atoms with Crippen molar-refractivity contribution in [3.8, 4) is 0 Å². The van der Waals surface area contributed by atoms with Crippen LogP contribution in [-0.4, -0.2) is 43.6 Å². The Morgan fingerprint density at radius 2 is 1.85 bits per heavy atom. The SMILES string of the molecule is CNC(=O)NC(=O)C(c1ccccc1)N1CCOC(c2ccc(Cl)cc2)C1. The molecular formula is C20H22ClN3O3. The zero-order valence-electron chi connectivity index (χ0n) is 15.0. The van der Waals surface area contributed by atoms with Crippen molar-refractivity contribution in [3.63, 3.8) is 0 Å². The van der Waals surface area contributed by atoms with Crippen LogP contribution in [0.3, 0.4) is 0 Å². The largest absolute Gasteiger partial charge is 0.371 e. The van der Waals surface area contributed by atoms with Gasteiger partial charge in [0.2, 0.25) is 5.91 Å². The summed E-state index contributed by atoms with van der Waals surface area (Å²) in [7, 11) is 1.48. The summed E-state index contributed by atoms with van der Waals surface area (Å²) in [6.45, 7) is 1.61. The first-order valence-corrected chi connectivity index (χ1v) is 9.15. The molecule has 1 fully saturated rings. The second kappa shape index (κ2) is 8.99. The zero-order chi connectivity index (χ0) is 19.2. The van der Waals surface area contributed by atoms with E-state index < -0.39 is 12.1 Å². The Balaban J connectivity index is 1.83. The number of hydrogen-bond donors (Lipinski definition) is 2. The number of carbonyl (C=O) groups excluding carboxylic acids is 2. The van der Waals surface area contributed by atoms with Gasteiger partial charge in [-0.25, -0.2) is 4.79 Å². The Hall–Kier alpha value is -2.41. The highest BCUT2D eigenvalue weighted by atomic mass is 35.5. The Labute approximate surface area is 163 Å². The fourth-order valence-electron chi connectivity index (χ4n) is 3.19. The molecule has 1 aliphatic rings. The number of benzene rings is 2. The standard InChI is InChI=1S/C20H22ClN3O3/c1-22-20(26)23-19(25)18(15-5-3-2-4-6-15)24-11-12-27-17(13-24)14-7-9-16(21)10-8-14/h2-10,17-18H,11-13H2,1H3,(H2,22,23,25,26). The van der Waals surface area contributed by atoms with E-state index in [0.717, 1.165) is 11.1 Å². The lowest BCUT2D eigenvalue weighted by Crippen LogP contribution is -2.49. The highest BCUT2D eigenvalue weighted by Gasteiger charge is 2.33. The second-order valence-electron chi connectivity index (χ2n) is 6.29. The van der Waals surface area contributed by atoms with Gasteiger partial charge in [-0.2, -0.15) is 0 Å².